The van der Waals surface area contributed by atoms with Gasteiger partial charge in [-0.15, -0.1) is 5.10 Å². The molecule has 2 heterocycles. The largest absolute Gasteiger partial charge is 0.472 e. The predicted octanol–water partition coefficient (Wildman–Crippen LogP) is 1.62. The van der Waals surface area contributed by atoms with E-state index in [-0.39, 0.29) is 5.91 Å². The lowest BCUT2D eigenvalue weighted by molar-refractivity contribution is 0.0954. The molecule has 0 unspecified atom stereocenters. The number of aromatic nitrogens is 2. The Morgan fingerprint density at radius 2 is 2.50 bits per heavy atom. The number of rotatable bonds is 4. The number of aryl methyl sites for hydroxylation is 1. The van der Waals surface area contributed by atoms with E-state index in [2.05, 4.69) is 14.9 Å². The maximum Gasteiger partial charge on any atom is 0.265 e. The highest BCUT2D eigenvalue weighted by molar-refractivity contribution is 7.08. The van der Waals surface area contributed by atoms with Gasteiger partial charge in [0.1, 0.15) is 4.88 Å². The van der Waals surface area contributed by atoms with E-state index in [0.717, 1.165) is 22.8 Å². The van der Waals surface area contributed by atoms with Crippen molar-refractivity contribution in [3.05, 3.63) is 34.7 Å². The second-order valence-corrected chi connectivity index (χ2v) is 3.97. The Hall–Kier alpha value is -1.69. The molecule has 6 heteroatoms. The van der Waals surface area contributed by atoms with Crippen LogP contribution in [0.25, 0.3) is 0 Å². The van der Waals surface area contributed by atoms with Gasteiger partial charge in [0, 0.05) is 12.1 Å². The van der Waals surface area contributed by atoms with Gasteiger partial charge in [-0.2, -0.15) is 0 Å². The first-order valence-electron chi connectivity index (χ1n) is 4.91. The molecule has 0 spiro atoms. The summed E-state index contributed by atoms with van der Waals surface area (Å²) in [7, 11) is 0. The molecule has 0 aliphatic carbocycles. The monoisotopic (exact) mass is 237 g/mol. The third-order valence-corrected chi connectivity index (χ3v) is 2.90. The minimum absolute atomic E-state index is 0.131. The molecule has 0 saturated carbocycles. The quantitative estimate of drug-likeness (QED) is 0.877. The molecular weight excluding hydrogens is 226 g/mol. The van der Waals surface area contributed by atoms with Crippen molar-refractivity contribution in [2.75, 3.05) is 0 Å². The Balaban J connectivity index is 1.98. The standard InChI is InChI=1S/C10H11N3O2S/c1-2-8-9(16-13-12-8)10(14)11-5-7-3-4-15-6-7/h3-4,6H,2,5H2,1H3,(H,11,14). The molecule has 2 aromatic rings. The third-order valence-electron chi connectivity index (χ3n) is 2.13. The van der Waals surface area contributed by atoms with Gasteiger partial charge in [0.25, 0.3) is 5.91 Å². The van der Waals surface area contributed by atoms with Crippen molar-refractivity contribution in [2.24, 2.45) is 0 Å². The second kappa shape index (κ2) is 4.89. The van der Waals surface area contributed by atoms with E-state index in [9.17, 15) is 4.79 Å². The lowest BCUT2D eigenvalue weighted by atomic mass is 10.3. The van der Waals surface area contributed by atoms with Crippen molar-refractivity contribution in [1.29, 1.82) is 0 Å². The van der Waals surface area contributed by atoms with Crippen LogP contribution in [0.5, 0.6) is 0 Å². The summed E-state index contributed by atoms with van der Waals surface area (Å²) in [6.07, 6.45) is 3.89. The highest BCUT2D eigenvalue weighted by atomic mass is 32.1. The average molecular weight is 237 g/mol. The highest BCUT2D eigenvalue weighted by Crippen LogP contribution is 2.11. The molecule has 1 N–H and O–H groups in total. The summed E-state index contributed by atoms with van der Waals surface area (Å²) in [6.45, 7) is 2.40. The highest BCUT2D eigenvalue weighted by Gasteiger charge is 2.14. The summed E-state index contributed by atoms with van der Waals surface area (Å²) in [6, 6.07) is 1.81. The molecule has 2 rings (SSSR count). The van der Waals surface area contributed by atoms with Crippen LogP contribution < -0.4 is 5.32 Å². The minimum Gasteiger partial charge on any atom is -0.472 e. The Labute approximate surface area is 96.6 Å². The van der Waals surface area contributed by atoms with Crippen molar-refractivity contribution in [1.82, 2.24) is 14.9 Å². The van der Waals surface area contributed by atoms with Gasteiger partial charge in [0.05, 0.1) is 18.2 Å². The van der Waals surface area contributed by atoms with Crippen molar-refractivity contribution in [2.45, 2.75) is 19.9 Å². The molecule has 16 heavy (non-hydrogen) atoms. The summed E-state index contributed by atoms with van der Waals surface area (Å²) >= 11 is 1.12. The van der Waals surface area contributed by atoms with Crippen molar-refractivity contribution < 1.29 is 9.21 Å². The van der Waals surface area contributed by atoms with Crippen LogP contribution in [0, 0.1) is 0 Å². The van der Waals surface area contributed by atoms with Gasteiger partial charge in [0.15, 0.2) is 0 Å². The summed E-state index contributed by atoms with van der Waals surface area (Å²) in [5.74, 6) is -0.131. The SMILES string of the molecule is CCc1nnsc1C(=O)NCc1ccoc1. The zero-order chi connectivity index (χ0) is 11.4. The summed E-state index contributed by atoms with van der Waals surface area (Å²) in [4.78, 5) is 12.4. The minimum atomic E-state index is -0.131. The van der Waals surface area contributed by atoms with Crippen LogP contribution in [-0.4, -0.2) is 15.5 Å². The summed E-state index contributed by atoms with van der Waals surface area (Å²) < 4.78 is 8.68. The number of hydrogen-bond donors (Lipinski definition) is 1. The van der Waals surface area contributed by atoms with Gasteiger partial charge in [-0.1, -0.05) is 11.4 Å². The third kappa shape index (κ3) is 2.27. The second-order valence-electron chi connectivity index (χ2n) is 3.22. The summed E-state index contributed by atoms with van der Waals surface area (Å²) in [5.41, 5.74) is 1.68. The number of carbonyl (C=O) groups excluding carboxylic acids is 1. The van der Waals surface area contributed by atoms with E-state index in [4.69, 9.17) is 4.42 Å². The molecule has 0 aliphatic rings. The number of furan rings is 1. The van der Waals surface area contributed by atoms with Gasteiger partial charge in [0.2, 0.25) is 0 Å². The van der Waals surface area contributed by atoms with Crippen molar-refractivity contribution in [3.8, 4) is 0 Å². The molecule has 0 atom stereocenters. The van der Waals surface area contributed by atoms with Crippen LogP contribution >= 0.6 is 11.5 Å². The van der Waals surface area contributed by atoms with E-state index in [1.807, 2.05) is 13.0 Å². The maximum atomic E-state index is 11.8. The zero-order valence-electron chi connectivity index (χ0n) is 8.77. The molecule has 0 bridgehead atoms. The topological polar surface area (TPSA) is 68.0 Å². The van der Waals surface area contributed by atoms with Crippen LogP contribution in [0.4, 0.5) is 0 Å². The first-order valence-corrected chi connectivity index (χ1v) is 5.69. The lowest BCUT2D eigenvalue weighted by Gasteiger charge is -2.01. The van der Waals surface area contributed by atoms with Gasteiger partial charge >= 0.3 is 0 Å². The van der Waals surface area contributed by atoms with E-state index in [1.165, 1.54) is 0 Å². The number of hydrogen-bond acceptors (Lipinski definition) is 5. The Morgan fingerprint density at radius 3 is 3.19 bits per heavy atom. The fraction of sp³-hybridized carbons (Fsp3) is 0.300. The van der Waals surface area contributed by atoms with E-state index in [0.29, 0.717) is 17.8 Å². The van der Waals surface area contributed by atoms with E-state index >= 15 is 0 Å². The molecule has 5 nitrogen and oxygen atoms in total. The van der Waals surface area contributed by atoms with Gasteiger partial charge < -0.3 is 9.73 Å². The first kappa shape index (κ1) is 10.8. The van der Waals surface area contributed by atoms with E-state index in [1.54, 1.807) is 12.5 Å². The molecule has 0 fully saturated rings. The Kier molecular flexibility index (Phi) is 3.31. The van der Waals surface area contributed by atoms with Crippen LogP contribution in [0.2, 0.25) is 0 Å². The average Bonchev–Trinajstić information content (AvgIpc) is 2.96. The molecule has 0 saturated heterocycles. The van der Waals surface area contributed by atoms with E-state index < -0.39 is 0 Å². The maximum absolute atomic E-state index is 11.8. The van der Waals surface area contributed by atoms with Crippen molar-refractivity contribution in [3.63, 3.8) is 0 Å². The molecule has 1 amide bonds. The number of carbonyl (C=O) groups is 1. The van der Waals surface area contributed by atoms with Crippen LogP contribution in [0.1, 0.15) is 27.9 Å². The number of amides is 1. The fourth-order valence-electron chi connectivity index (χ4n) is 1.27. The number of nitrogens with zero attached hydrogens (tertiary/aromatic N) is 2. The van der Waals surface area contributed by atoms with Gasteiger partial charge in [-0.3, -0.25) is 4.79 Å². The zero-order valence-corrected chi connectivity index (χ0v) is 9.58. The van der Waals surface area contributed by atoms with Crippen LogP contribution in [-0.2, 0) is 13.0 Å². The Bertz CT molecular complexity index is 464. The molecular formula is C10H11N3O2S. The van der Waals surface area contributed by atoms with Gasteiger partial charge in [-0.05, 0) is 24.0 Å². The molecule has 0 radical (unpaired) electrons. The first-order chi connectivity index (χ1) is 7.81. The van der Waals surface area contributed by atoms with Crippen LogP contribution in [0.3, 0.4) is 0 Å². The molecule has 0 aromatic carbocycles. The molecule has 0 aliphatic heterocycles. The van der Waals surface area contributed by atoms with Crippen molar-refractivity contribution >= 4 is 17.4 Å². The van der Waals surface area contributed by atoms with Gasteiger partial charge in [-0.25, -0.2) is 0 Å². The smallest absolute Gasteiger partial charge is 0.265 e. The summed E-state index contributed by atoms with van der Waals surface area (Å²) in [5, 5.41) is 6.68. The predicted molar refractivity (Wildman–Crippen MR) is 59.2 cm³/mol. The Morgan fingerprint density at radius 1 is 1.62 bits per heavy atom. The lowest BCUT2D eigenvalue weighted by Crippen LogP contribution is -2.22. The molecule has 2 aromatic heterocycles. The normalized spacial score (nSPS) is 10.3. The van der Waals surface area contributed by atoms with Crippen LogP contribution in [0.15, 0.2) is 23.0 Å². The fourth-order valence-corrected chi connectivity index (χ4v) is 1.93. The number of nitrogens with one attached hydrogen (secondary N) is 1. The molecule has 84 valence electrons.